The number of hydrogen-bond donors (Lipinski definition) is 1. The molecule has 2 nitrogen and oxygen atoms in total. The van der Waals surface area contributed by atoms with Gasteiger partial charge >= 0.3 is 6.18 Å². The van der Waals surface area contributed by atoms with E-state index in [4.69, 9.17) is 5.11 Å². The van der Waals surface area contributed by atoms with Crippen LogP contribution < -0.4 is 0 Å². The maximum Gasteiger partial charge on any atom is 0.416 e. The third kappa shape index (κ3) is 3.21. The monoisotopic (exact) mass is 184 g/mol. The van der Waals surface area contributed by atoms with Crippen LogP contribution in [0.3, 0.4) is 0 Å². The van der Waals surface area contributed by atoms with Crippen molar-refractivity contribution >= 4 is 5.78 Å². The molecule has 0 spiro atoms. The van der Waals surface area contributed by atoms with Crippen molar-refractivity contribution in [2.24, 2.45) is 0 Å². The first-order valence-electron chi connectivity index (χ1n) is 3.45. The van der Waals surface area contributed by atoms with Crippen LogP contribution in [0.4, 0.5) is 13.2 Å². The number of halogens is 3. The summed E-state index contributed by atoms with van der Waals surface area (Å²) in [6.07, 6.45) is -5.50. The molecule has 0 saturated carbocycles. The fourth-order valence-corrected chi connectivity index (χ4v) is 0.561. The Morgan fingerprint density at radius 2 is 1.83 bits per heavy atom. The van der Waals surface area contributed by atoms with Crippen LogP contribution in [0.25, 0.3) is 0 Å². The zero-order chi connectivity index (χ0) is 9.99. The molecule has 1 unspecified atom stereocenters. The second-order valence-electron chi connectivity index (χ2n) is 2.97. The summed E-state index contributed by atoms with van der Waals surface area (Å²) < 4.78 is 35.8. The molecule has 0 rings (SSSR count). The average Bonchev–Trinajstić information content (AvgIpc) is 1.81. The van der Waals surface area contributed by atoms with Crippen molar-refractivity contribution in [3.8, 4) is 0 Å². The third-order valence-corrected chi connectivity index (χ3v) is 1.57. The number of rotatable bonds is 3. The Labute approximate surface area is 68.4 Å². The summed E-state index contributed by atoms with van der Waals surface area (Å²) in [5.41, 5.74) is -2.75. The molecular formula is C7H11F3O2. The molecule has 0 bridgehead atoms. The topological polar surface area (TPSA) is 37.3 Å². The number of carbonyl (C=O) groups is 1. The highest BCUT2D eigenvalue weighted by Gasteiger charge is 2.49. The second-order valence-corrected chi connectivity index (χ2v) is 2.97. The number of hydrogen-bond acceptors (Lipinski definition) is 2. The average molecular weight is 184 g/mol. The first-order chi connectivity index (χ1) is 5.17. The molecule has 0 aromatic rings. The van der Waals surface area contributed by atoms with E-state index in [-0.39, 0.29) is 12.2 Å². The van der Waals surface area contributed by atoms with Gasteiger partial charge in [0.15, 0.2) is 5.60 Å². The molecule has 0 aliphatic rings. The van der Waals surface area contributed by atoms with Gasteiger partial charge in [-0.1, -0.05) is 0 Å². The molecule has 0 aliphatic heterocycles. The van der Waals surface area contributed by atoms with Gasteiger partial charge < -0.3 is 9.90 Å². The third-order valence-electron chi connectivity index (χ3n) is 1.57. The van der Waals surface area contributed by atoms with Crippen molar-refractivity contribution in [2.75, 3.05) is 0 Å². The van der Waals surface area contributed by atoms with Crippen LogP contribution in [0.2, 0.25) is 0 Å². The van der Waals surface area contributed by atoms with Crippen molar-refractivity contribution in [1.82, 2.24) is 0 Å². The predicted octanol–water partition coefficient (Wildman–Crippen LogP) is 1.67. The highest BCUT2D eigenvalue weighted by atomic mass is 19.4. The van der Waals surface area contributed by atoms with Crippen molar-refractivity contribution in [3.05, 3.63) is 0 Å². The van der Waals surface area contributed by atoms with Crippen LogP contribution in [0, 0.1) is 0 Å². The molecule has 72 valence electrons. The standard InChI is InChI=1S/C7H11F3O2/c1-5(11)3-4-6(2,12)7(8,9)10/h12H,3-4H2,1-2H3. The van der Waals surface area contributed by atoms with Crippen LogP contribution in [-0.4, -0.2) is 22.7 Å². The van der Waals surface area contributed by atoms with Crippen molar-refractivity contribution in [3.63, 3.8) is 0 Å². The molecule has 0 aromatic carbocycles. The van der Waals surface area contributed by atoms with Gasteiger partial charge in [-0.05, 0) is 20.3 Å². The first kappa shape index (κ1) is 11.4. The molecule has 0 fully saturated rings. The molecular weight excluding hydrogens is 173 g/mol. The second kappa shape index (κ2) is 3.43. The number of Topliss-reactive ketones (excluding diaryl/α,β-unsaturated/α-hetero) is 1. The predicted molar refractivity (Wildman–Crippen MR) is 36.6 cm³/mol. The quantitative estimate of drug-likeness (QED) is 0.724. The zero-order valence-electron chi connectivity index (χ0n) is 6.90. The van der Waals surface area contributed by atoms with E-state index in [1.807, 2.05) is 0 Å². The van der Waals surface area contributed by atoms with E-state index in [9.17, 15) is 18.0 Å². The van der Waals surface area contributed by atoms with Gasteiger partial charge in [0.1, 0.15) is 5.78 Å². The van der Waals surface area contributed by atoms with Gasteiger partial charge in [-0.25, -0.2) is 0 Å². The van der Waals surface area contributed by atoms with E-state index in [0.717, 1.165) is 0 Å². The van der Waals surface area contributed by atoms with Crippen LogP contribution in [0.15, 0.2) is 0 Å². The molecule has 0 radical (unpaired) electrons. The lowest BCUT2D eigenvalue weighted by Crippen LogP contribution is -2.42. The van der Waals surface area contributed by atoms with E-state index < -0.39 is 18.2 Å². The fraction of sp³-hybridized carbons (Fsp3) is 0.857. The van der Waals surface area contributed by atoms with Crippen molar-refractivity contribution in [2.45, 2.75) is 38.5 Å². The van der Waals surface area contributed by atoms with Gasteiger partial charge in [0.2, 0.25) is 0 Å². The molecule has 0 amide bonds. The number of aliphatic hydroxyl groups is 1. The van der Waals surface area contributed by atoms with Gasteiger partial charge in [-0.15, -0.1) is 0 Å². The summed E-state index contributed by atoms with van der Waals surface area (Å²) in [6, 6.07) is 0. The van der Waals surface area contributed by atoms with E-state index in [1.165, 1.54) is 6.92 Å². The lowest BCUT2D eigenvalue weighted by Gasteiger charge is -2.25. The van der Waals surface area contributed by atoms with Crippen LogP contribution >= 0.6 is 0 Å². The normalized spacial score (nSPS) is 17.2. The highest BCUT2D eigenvalue weighted by molar-refractivity contribution is 5.75. The maximum atomic E-state index is 11.9. The Morgan fingerprint density at radius 3 is 2.08 bits per heavy atom. The first-order valence-corrected chi connectivity index (χ1v) is 3.45. The van der Waals surface area contributed by atoms with E-state index in [0.29, 0.717) is 6.92 Å². The van der Waals surface area contributed by atoms with Gasteiger partial charge in [-0.3, -0.25) is 0 Å². The summed E-state index contributed by atoms with van der Waals surface area (Å²) in [7, 11) is 0. The number of alkyl halides is 3. The van der Waals surface area contributed by atoms with Gasteiger partial charge in [0, 0.05) is 6.42 Å². The molecule has 0 aliphatic carbocycles. The summed E-state index contributed by atoms with van der Waals surface area (Å²) >= 11 is 0. The summed E-state index contributed by atoms with van der Waals surface area (Å²) in [6.45, 7) is 1.85. The van der Waals surface area contributed by atoms with E-state index in [1.54, 1.807) is 0 Å². The van der Waals surface area contributed by atoms with E-state index in [2.05, 4.69) is 0 Å². The lowest BCUT2D eigenvalue weighted by molar-refractivity contribution is -0.254. The molecule has 0 saturated heterocycles. The van der Waals surface area contributed by atoms with Crippen molar-refractivity contribution < 1.29 is 23.1 Å². The van der Waals surface area contributed by atoms with Crippen LogP contribution in [0.5, 0.6) is 0 Å². The Bertz CT molecular complexity index is 172. The minimum atomic E-state index is -4.66. The minimum absolute atomic E-state index is 0.257. The molecule has 0 aromatic heterocycles. The molecule has 1 N–H and O–H groups in total. The lowest BCUT2D eigenvalue weighted by atomic mass is 9.98. The minimum Gasteiger partial charge on any atom is -0.381 e. The van der Waals surface area contributed by atoms with Crippen LogP contribution in [0.1, 0.15) is 26.7 Å². The van der Waals surface area contributed by atoms with Gasteiger partial charge in [0.25, 0.3) is 0 Å². The zero-order valence-corrected chi connectivity index (χ0v) is 6.90. The maximum absolute atomic E-state index is 11.9. The molecule has 5 heteroatoms. The smallest absolute Gasteiger partial charge is 0.381 e. The van der Waals surface area contributed by atoms with Gasteiger partial charge in [0.05, 0.1) is 0 Å². The number of ketones is 1. The molecule has 1 atom stereocenters. The fourth-order valence-electron chi connectivity index (χ4n) is 0.561. The number of carbonyl (C=O) groups excluding carboxylic acids is 1. The Balaban J connectivity index is 4.14. The Hall–Kier alpha value is -0.580. The summed E-state index contributed by atoms with van der Waals surface area (Å²) in [5.74, 6) is -0.362. The SMILES string of the molecule is CC(=O)CCC(C)(O)C(F)(F)F. The van der Waals surface area contributed by atoms with Gasteiger partial charge in [-0.2, -0.15) is 13.2 Å². The summed E-state index contributed by atoms with van der Waals surface area (Å²) in [5, 5.41) is 8.82. The Morgan fingerprint density at radius 1 is 1.42 bits per heavy atom. The Kier molecular flexibility index (Phi) is 3.26. The summed E-state index contributed by atoms with van der Waals surface area (Å²) in [4.78, 5) is 10.3. The largest absolute Gasteiger partial charge is 0.416 e. The molecule has 0 heterocycles. The highest BCUT2D eigenvalue weighted by Crippen LogP contribution is 2.33. The molecule has 12 heavy (non-hydrogen) atoms. The van der Waals surface area contributed by atoms with Crippen molar-refractivity contribution in [1.29, 1.82) is 0 Å². The van der Waals surface area contributed by atoms with Crippen LogP contribution in [-0.2, 0) is 4.79 Å². The van der Waals surface area contributed by atoms with E-state index >= 15 is 0 Å².